The first-order valence-corrected chi connectivity index (χ1v) is 12.4. The number of aromatic amines is 1. The molecule has 39 heavy (non-hydrogen) atoms. The third kappa shape index (κ3) is 13.2. The Hall–Kier alpha value is -4.21. The number of imidazole rings is 1. The largest absolute Gasteiger partial charge is 0.481 e. The number of nitrogens with two attached hydrogens (primary N) is 3. The van der Waals surface area contributed by atoms with Gasteiger partial charge in [-0.3, -0.25) is 24.2 Å². The molecule has 0 aromatic carbocycles. The number of hydrogen-bond acceptors (Lipinski definition) is 8. The molecule has 0 saturated heterocycles. The van der Waals surface area contributed by atoms with Crippen LogP contribution in [0, 0.1) is 5.92 Å². The van der Waals surface area contributed by atoms with Crippen molar-refractivity contribution >= 4 is 35.6 Å². The molecule has 3 amide bonds. The Balaban J connectivity index is 2.95. The van der Waals surface area contributed by atoms with E-state index < -0.39 is 60.2 Å². The van der Waals surface area contributed by atoms with Crippen LogP contribution in [-0.4, -0.2) is 86.5 Å². The van der Waals surface area contributed by atoms with Crippen LogP contribution in [0.1, 0.15) is 51.6 Å². The number of nitrogens with one attached hydrogen (secondary N) is 4. The molecule has 0 radical (unpaired) electrons. The summed E-state index contributed by atoms with van der Waals surface area (Å²) in [6.45, 7) is 3.85. The van der Waals surface area contributed by atoms with E-state index in [1.165, 1.54) is 12.5 Å². The average molecular weight is 554 g/mol. The maximum Gasteiger partial charge on any atom is 0.326 e. The number of aliphatic imine (C=N–C) groups is 1. The lowest BCUT2D eigenvalue weighted by Gasteiger charge is -2.26. The van der Waals surface area contributed by atoms with Crippen LogP contribution in [0.5, 0.6) is 0 Å². The topological polar surface area (TPSA) is 281 Å². The first-order chi connectivity index (χ1) is 18.3. The summed E-state index contributed by atoms with van der Waals surface area (Å²) in [5, 5.41) is 26.0. The fraction of sp³-hybridized carbons (Fsp3) is 0.609. The zero-order chi connectivity index (χ0) is 29.5. The number of amides is 3. The molecule has 0 aliphatic heterocycles. The van der Waals surface area contributed by atoms with Crippen LogP contribution in [-0.2, 0) is 30.4 Å². The van der Waals surface area contributed by atoms with E-state index in [1.807, 2.05) is 0 Å². The zero-order valence-electron chi connectivity index (χ0n) is 22.1. The molecule has 0 saturated carbocycles. The molecule has 1 aromatic rings. The molecule has 218 valence electrons. The van der Waals surface area contributed by atoms with E-state index in [9.17, 15) is 29.1 Å². The van der Waals surface area contributed by atoms with Crippen molar-refractivity contribution in [2.45, 2.75) is 76.5 Å². The Morgan fingerprint density at radius 1 is 0.974 bits per heavy atom. The highest BCUT2D eigenvalue weighted by atomic mass is 16.4. The van der Waals surface area contributed by atoms with Crippen molar-refractivity contribution in [2.75, 3.05) is 6.54 Å². The summed E-state index contributed by atoms with van der Waals surface area (Å²) in [6.07, 6.45) is 2.76. The fourth-order valence-electron chi connectivity index (χ4n) is 3.53. The molecular weight excluding hydrogens is 514 g/mol. The molecule has 0 aliphatic rings. The number of aromatic nitrogens is 2. The highest BCUT2D eigenvalue weighted by Crippen LogP contribution is 2.09. The van der Waals surface area contributed by atoms with E-state index >= 15 is 0 Å². The third-order valence-corrected chi connectivity index (χ3v) is 5.52. The second kappa shape index (κ2) is 16.6. The van der Waals surface area contributed by atoms with Crippen molar-refractivity contribution in [2.24, 2.45) is 28.1 Å². The van der Waals surface area contributed by atoms with Gasteiger partial charge in [0.1, 0.15) is 18.1 Å². The molecule has 4 atom stereocenters. The van der Waals surface area contributed by atoms with Gasteiger partial charge in [0, 0.05) is 31.3 Å². The zero-order valence-corrected chi connectivity index (χ0v) is 22.1. The summed E-state index contributed by atoms with van der Waals surface area (Å²) < 4.78 is 0. The minimum Gasteiger partial charge on any atom is -0.481 e. The number of carbonyl (C=O) groups is 5. The summed E-state index contributed by atoms with van der Waals surface area (Å²) >= 11 is 0. The Labute approximate surface area is 225 Å². The molecule has 1 aromatic heterocycles. The molecule has 1 rings (SSSR count). The van der Waals surface area contributed by atoms with Gasteiger partial charge < -0.3 is 48.3 Å². The minimum absolute atomic E-state index is 0.0677. The van der Waals surface area contributed by atoms with Gasteiger partial charge in [0.2, 0.25) is 17.7 Å². The molecule has 4 unspecified atom stereocenters. The molecule has 1 heterocycles. The monoisotopic (exact) mass is 553 g/mol. The lowest BCUT2D eigenvalue weighted by atomic mass is 10.0. The fourth-order valence-corrected chi connectivity index (χ4v) is 3.53. The second-order valence-corrected chi connectivity index (χ2v) is 9.42. The molecule has 0 aliphatic carbocycles. The van der Waals surface area contributed by atoms with Gasteiger partial charge in [-0.05, 0) is 31.6 Å². The lowest BCUT2D eigenvalue weighted by Crippen LogP contribution is -2.57. The van der Waals surface area contributed by atoms with Gasteiger partial charge >= 0.3 is 11.9 Å². The second-order valence-electron chi connectivity index (χ2n) is 9.42. The van der Waals surface area contributed by atoms with Crippen LogP contribution in [0.25, 0.3) is 0 Å². The molecule has 0 bridgehead atoms. The highest BCUT2D eigenvalue weighted by Gasteiger charge is 2.31. The number of carbonyl (C=O) groups excluding carboxylic acids is 3. The van der Waals surface area contributed by atoms with Crippen LogP contribution >= 0.6 is 0 Å². The van der Waals surface area contributed by atoms with Gasteiger partial charge in [-0.1, -0.05) is 13.8 Å². The Kier molecular flexibility index (Phi) is 14.0. The van der Waals surface area contributed by atoms with Crippen LogP contribution in [0.2, 0.25) is 0 Å². The van der Waals surface area contributed by atoms with Gasteiger partial charge in [-0.15, -0.1) is 0 Å². The molecule has 12 N–H and O–H groups in total. The number of hydrogen-bond donors (Lipinski definition) is 9. The highest BCUT2D eigenvalue weighted by molar-refractivity contribution is 5.94. The molecule has 16 nitrogen and oxygen atoms in total. The summed E-state index contributed by atoms with van der Waals surface area (Å²) in [6, 6.07) is -4.78. The quantitative estimate of drug-likeness (QED) is 0.0533. The van der Waals surface area contributed by atoms with E-state index in [2.05, 4.69) is 30.9 Å². The first-order valence-electron chi connectivity index (χ1n) is 12.4. The van der Waals surface area contributed by atoms with Gasteiger partial charge in [0.25, 0.3) is 0 Å². The van der Waals surface area contributed by atoms with Crippen molar-refractivity contribution in [3.05, 3.63) is 18.2 Å². The normalized spacial score (nSPS) is 13.9. The van der Waals surface area contributed by atoms with E-state index in [0.29, 0.717) is 12.1 Å². The number of carboxylic acids is 2. The average Bonchev–Trinajstić information content (AvgIpc) is 3.35. The summed E-state index contributed by atoms with van der Waals surface area (Å²) in [5.41, 5.74) is 16.9. The summed E-state index contributed by atoms with van der Waals surface area (Å²) in [5.74, 6) is -4.91. The van der Waals surface area contributed by atoms with Crippen LogP contribution < -0.4 is 33.2 Å². The Bertz CT molecular complexity index is 994. The van der Waals surface area contributed by atoms with E-state index in [4.69, 9.17) is 22.3 Å². The van der Waals surface area contributed by atoms with Gasteiger partial charge in [0.05, 0.1) is 12.4 Å². The smallest absolute Gasteiger partial charge is 0.326 e. The first kappa shape index (κ1) is 32.8. The van der Waals surface area contributed by atoms with Crippen molar-refractivity contribution in [3.63, 3.8) is 0 Å². The number of carboxylic acid groups (broad SMARTS) is 2. The molecule has 16 heteroatoms. The number of rotatable bonds is 18. The van der Waals surface area contributed by atoms with Crippen LogP contribution in [0.15, 0.2) is 17.5 Å². The van der Waals surface area contributed by atoms with Crippen molar-refractivity contribution < 1.29 is 34.2 Å². The molecular formula is C23H39N9O7. The predicted molar refractivity (Wildman–Crippen MR) is 140 cm³/mol. The van der Waals surface area contributed by atoms with Crippen molar-refractivity contribution in [1.82, 2.24) is 25.9 Å². The third-order valence-electron chi connectivity index (χ3n) is 5.52. The van der Waals surface area contributed by atoms with Gasteiger partial charge in [-0.2, -0.15) is 0 Å². The van der Waals surface area contributed by atoms with Gasteiger partial charge in [0.15, 0.2) is 5.96 Å². The molecule has 0 spiro atoms. The van der Waals surface area contributed by atoms with Crippen LogP contribution in [0.3, 0.4) is 0 Å². The van der Waals surface area contributed by atoms with Gasteiger partial charge in [-0.25, -0.2) is 9.78 Å². The lowest BCUT2D eigenvalue weighted by molar-refractivity contribution is -0.142. The molecule has 0 fully saturated rings. The maximum atomic E-state index is 13.1. The number of aliphatic carboxylic acids is 2. The van der Waals surface area contributed by atoms with Crippen molar-refractivity contribution in [3.8, 4) is 0 Å². The standard InChI is InChI=1S/C23H39N9O7/c1-12(2)8-16(21(37)32-17(22(38)39)9-13-10-27-11-29-13)31-20(36)15(5-6-18(33)34)30-19(35)14(24)4-3-7-28-23(25)26/h10-12,14-17H,3-9,24H2,1-2H3,(H,27,29)(H,30,35)(H,31,36)(H,32,37)(H,33,34)(H,38,39)(H4,25,26,28). The SMILES string of the molecule is CC(C)CC(NC(=O)C(CCC(=O)O)NC(=O)C(N)CCCN=C(N)N)C(=O)NC(Cc1cnc[nH]1)C(=O)O. The Morgan fingerprint density at radius 3 is 2.13 bits per heavy atom. The van der Waals surface area contributed by atoms with E-state index in [0.717, 1.165) is 0 Å². The minimum atomic E-state index is -1.31. The summed E-state index contributed by atoms with van der Waals surface area (Å²) in [7, 11) is 0. The number of nitrogens with zero attached hydrogens (tertiary/aromatic N) is 2. The van der Waals surface area contributed by atoms with Crippen LogP contribution in [0.4, 0.5) is 0 Å². The predicted octanol–water partition coefficient (Wildman–Crippen LogP) is -2.22. The maximum absolute atomic E-state index is 13.1. The Morgan fingerprint density at radius 2 is 1.59 bits per heavy atom. The summed E-state index contributed by atoms with van der Waals surface area (Å²) in [4.78, 5) is 72.0. The van der Waals surface area contributed by atoms with Crippen molar-refractivity contribution in [1.29, 1.82) is 0 Å². The van der Waals surface area contributed by atoms with E-state index in [1.54, 1.807) is 13.8 Å². The number of H-pyrrole nitrogens is 1. The number of guanidine groups is 1. The van der Waals surface area contributed by atoms with E-state index in [-0.39, 0.29) is 44.1 Å².